The van der Waals surface area contributed by atoms with Gasteiger partial charge in [0.25, 0.3) is 6.43 Å². The topological polar surface area (TPSA) is 143 Å². The number of alkyl halides is 2. The van der Waals surface area contributed by atoms with Crippen LogP contribution in [-0.2, 0) is 0 Å². The van der Waals surface area contributed by atoms with Crippen LogP contribution in [0.15, 0.2) is 49.2 Å². The molecule has 0 bridgehead atoms. The van der Waals surface area contributed by atoms with E-state index in [0.29, 0.717) is 29.5 Å². The molecule has 0 spiro atoms. The molecule has 6 rings (SSSR count). The van der Waals surface area contributed by atoms with E-state index in [9.17, 15) is 19.0 Å². The highest BCUT2D eigenvalue weighted by Gasteiger charge is 2.31. The molecule has 2 aromatic carbocycles. The normalized spacial score (nSPS) is 15.6. The zero-order chi connectivity index (χ0) is 33.6. The van der Waals surface area contributed by atoms with Crippen LogP contribution in [0.25, 0.3) is 38.5 Å². The van der Waals surface area contributed by atoms with E-state index < -0.39 is 47.7 Å². The van der Waals surface area contributed by atoms with Crippen molar-refractivity contribution in [1.82, 2.24) is 24.8 Å². The molecular weight excluding hydrogens is 618 g/mol. The Hall–Kier alpha value is -5.24. The Morgan fingerprint density at radius 1 is 1.15 bits per heavy atom. The predicted molar refractivity (Wildman–Crippen MR) is 170 cm³/mol. The number of aromatic hydroxyl groups is 2. The first-order valence-electron chi connectivity index (χ1n) is 14.8. The Balaban J connectivity index is 1.52. The third-order valence-electron chi connectivity index (χ3n) is 8.21. The van der Waals surface area contributed by atoms with Crippen LogP contribution in [0.2, 0.25) is 0 Å². The highest BCUT2D eigenvalue weighted by molar-refractivity contribution is 6.06. The fourth-order valence-electron chi connectivity index (χ4n) is 5.86. The lowest BCUT2D eigenvalue weighted by molar-refractivity contribution is -0.00330. The van der Waals surface area contributed by atoms with Crippen molar-refractivity contribution >= 4 is 38.9 Å². The maximum absolute atomic E-state index is 16.7. The molecule has 1 aliphatic rings. The number of phenols is 1. The van der Waals surface area contributed by atoms with Gasteiger partial charge in [-0.25, -0.2) is 27.5 Å². The second-order valence-corrected chi connectivity index (χ2v) is 11.5. The standard InChI is InChI=1S/C33H31F4N7O3/c1-15(2)24-22(34)7-6-17-11-19(45)12-21(25(17)24)28-27(37)29-26(32(46)41-28)31(40-16(3)20-5-4-9-39-30(20)38)43-33(42-29)47-14-18-8-10-44(18)13-23(35)36/h4-7,9,11-12,16,18,23,45H,1,8,10,13-14H2,2-3H3,(H2,38,39)(H,41,46)(H,40,42,43). The molecule has 1 fully saturated rings. The Morgan fingerprint density at radius 2 is 1.94 bits per heavy atom. The number of nitrogens with zero attached hydrogens (tertiary/aromatic N) is 5. The molecule has 3 aromatic heterocycles. The number of allylic oxidation sites excluding steroid dienone is 1. The number of nitrogens with two attached hydrogens (primary N) is 1. The summed E-state index contributed by atoms with van der Waals surface area (Å²) in [5, 5.41) is 25.3. The number of anilines is 2. The monoisotopic (exact) mass is 649 g/mol. The summed E-state index contributed by atoms with van der Waals surface area (Å²) in [5.74, 6) is -2.37. The van der Waals surface area contributed by atoms with E-state index in [1.807, 2.05) is 0 Å². The molecule has 4 heterocycles. The number of halogens is 4. The molecule has 2 atom stereocenters. The number of ether oxygens (including phenoxy) is 1. The van der Waals surface area contributed by atoms with Crippen molar-refractivity contribution in [3.8, 4) is 28.9 Å². The quantitative estimate of drug-likeness (QED) is 0.125. The van der Waals surface area contributed by atoms with Crippen molar-refractivity contribution < 1.29 is 32.5 Å². The second kappa shape index (κ2) is 12.5. The van der Waals surface area contributed by atoms with Gasteiger partial charge in [0, 0.05) is 40.9 Å². The average Bonchev–Trinajstić information content (AvgIpc) is 3.00. The largest absolute Gasteiger partial charge is 0.508 e. The van der Waals surface area contributed by atoms with E-state index in [1.165, 1.54) is 30.5 Å². The smallest absolute Gasteiger partial charge is 0.319 e. The Morgan fingerprint density at radius 3 is 2.62 bits per heavy atom. The van der Waals surface area contributed by atoms with Gasteiger partial charge in [-0.3, -0.25) is 4.90 Å². The van der Waals surface area contributed by atoms with Gasteiger partial charge in [-0.2, -0.15) is 9.97 Å². The van der Waals surface area contributed by atoms with Crippen molar-refractivity contribution in [2.24, 2.45) is 0 Å². The number of likely N-dealkylation sites (tertiary alicyclic amines) is 1. The van der Waals surface area contributed by atoms with Gasteiger partial charge in [0.15, 0.2) is 5.82 Å². The minimum absolute atomic E-state index is 0.0172. The highest BCUT2D eigenvalue weighted by Crippen LogP contribution is 2.42. The lowest BCUT2D eigenvalue weighted by Crippen LogP contribution is -2.52. The summed E-state index contributed by atoms with van der Waals surface area (Å²) >= 11 is 0. The lowest BCUT2D eigenvalue weighted by atomic mass is 9.93. The number of hydrogen-bond donors (Lipinski definition) is 4. The minimum Gasteiger partial charge on any atom is -0.508 e. The maximum atomic E-state index is 16.7. The molecule has 14 heteroatoms. The second-order valence-electron chi connectivity index (χ2n) is 11.5. The number of pyridine rings is 2. The van der Waals surface area contributed by atoms with Crippen molar-refractivity contribution in [2.45, 2.75) is 38.8 Å². The number of rotatable bonds is 10. The Bertz CT molecular complexity index is 2030. The fourth-order valence-corrected chi connectivity index (χ4v) is 5.86. The van der Waals surface area contributed by atoms with Crippen LogP contribution in [0, 0.1) is 11.6 Å². The molecule has 2 unspecified atom stereocenters. The molecule has 0 amide bonds. The maximum Gasteiger partial charge on any atom is 0.319 e. The van der Waals surface area contributed by atoms with E-state index in [2.05, 4.69) is 31.8 Å². The van der Waals surface area contributed by atoms with Crippen LogP contribution < -0.4 is 15.8 Å². The molecule has 5 aromatic rings. The average molecular weight is 650 g/mol. The number of aromatic nitrogens is 4. The van der Waals surface area contributed by atoms with Gasteiger partial charge in [-0.1, -0.05) is 18.7 Å². The van der Waals surface area contributed by atoms with E-state index in [1.54, 1.807) is 30.9 Å². The first kappa shape index (κ1) is 31.7. The van der Waals surface area contributed by atoms with Gasteiger partial charge in [-0.15, -0.1) is 0 Å². The van der Waals surface area contributed by atoms with Crippen LogP contribution >= 0.6 is 0 Å². The van der Waals surface area contributed by atoms with Crippen molar-refractivity contribution in [3.05, 3.63) is 71.9 Å². The Labute approximate surface area is 266 Å². The lowest BCUT2D eigenvalue weighted by Gasteiger charge is -2.40. The van der Waals surface area contributed by atoms with Crippen LogP contribution in [0.3, 0.4) is 0 Å². The molecule has 0 saturated carbocycles. The van der Waals surface area contributed by atoms with Gasteiger partial charge in [-0.05, 0) is 55.5 Å². The summed E-state index contributed by atoms with van der Waals surface area (Å²) in [4.78, 5) is 18.5. The highest BCUT2D eigenvalue weighted by atomic mass is 19.3. The van der Waals surface area contributed by atoms with Gasteiger partial charge < -0.3 is 26.0 Å². The Kier molecular flexibility index (Phi) is 8.45. The summed E-state index contributed by atoms with van der Waals surface area (Å²) in [7, 11) is 0. The van der Waals surface area contributed by atoms with Gasteiger partial charge >= 0.3 is 6.01 Å². The third kappa shape index (κ3) is 6.03. The molecule has 1 saturated heterocycles. The van der Waals surface area contributed by atoms with E-state index in [4.69, 9.17) is 10.5 Å². The predicted octanol–water partition coefficient (Wildman–Crippen LogP) is 6.44. The van der Waals surface area contributed by atoms with Gasteiger partial charge in [0.05, 0.1) is 12.6 Å². The molecule has 244 valence electrons. The summed E-state index contributed by atoms with van der Waals surface area (Å²) in [5.41, 5.74) is 6.25. The van der Waals surface area contributed by atoms with Crippen LogP contribution in [0.5, 0.6) is 17.6 Å². The van der Waals surface area contributed by atoms with E-state index in [-0.39, 0.29) is 57.9 Å². The van der Waals surface area contributed by atoms with Crippen LogP contribution in [-0.4, -0.2) is 67.2 Å². The summed E-state index contributed by atoms with van der Waals surface area (Å²) < 4.78 is 63.6. The van der Waals surface area contributed by atoms with E-state index >= 15 is 8.78 Å². The van der Waals surface area contributed by atoms with Crippen molar-refractivity contribution in [2.75, 3.05) is 30.7 Å². The summed E-state index contributed by atoms with van der Waals surface area (Å²) in [6.45, 7) is 7.22. The fraction of sp³-hybridized carbons (Fsp3) is 0.273. The van der Waals surface area contributed by atoms with Crippen LogP contribution in [0.4, 0.5) is 29.2 Å². The first-order valence-corrected chi connectivity index (χ1v) is 14.8. The number of nitrogens with one attached hydrogen (secondary N) is 1. The number of fused-ring (bicyclic) bond motifs is 2. The molecule has 47 heavy (non-hydrogen) atoms. The molecule has 1 aliphatic heterocycles. The number of nitrogen functional groups attached to an aromatic ring is 1. The molecule has 0 radical (unpaired) electrons. The first-order chi connectivity index (χ1) is 22.4. The van der Waals surface area contributed by atoms with E-state index in [0.717, 1.165) is 0 Å². The third-order valence-corrected chi connectivity index (χ3v) is 8.21. The minimum atomic E-state index is -2.51. The summed E-state index contributed by atoms with van der Waals surface area (Å²) in [6.07, 6.45) is -0.376. The van der Waals surface area contributed by atoms with Gasteiger partial charge in [0.2, 0.25) is 5.88 Å². The summed E-state index contributed by atoms with van der Waals surface area (Å²) in [6, 6.07) is 7.50. The van der Waals surface area contributed by atoms with Crippen molar-refractivity contribution in [3.63, 3.8) is 0 Å². The zero-order valence-electron chi connectivity index (χ0n) is 25.4. The molecular formula is C33H31F4N7O3. The van der Waals surface area contributed by atoms with Gasteiger partial charge in [0.1, 0.15) is 46.4 Å². The van der Waals surface area contributed by atoms with Crippen LogP contribution in [0.1, 0.15) is 37.4 Å². The SMILES string of the molecule is C=C(C)c1c(F)ccc2cc(O)cc(-c3nc(O)c4c(NC(C)c5cccnc5N)nc(OCC5CCN5CC(F)F)nc4c3F)c12. The number of hydrogen-bond acceptors (Lipinski definition) is 10. The van der Waals surface area contributed by atoms with Crippen molar-refractivity contribution in [1.29, 1.82) is 0 Å². The molecule has 0 aliphatic carbocycles. The number of phenolic OH excluding ortho intramolecular Hbond substituents is 1. The molecule has 10 nitrogen and oxygen atoms in total. The molecule has 5 N–H and O–H groups in total. The zero-order valence-corrected chi connectivity index (χ0v) is 25.4. The number of benzene rings is 2.